The number of piperidine rings is 1. The first kappa shape index (κ1) is 15.2. The number of hydrogen-bond donors (Lipinski definition) is 1. The van der Waals surface area contributed by atoms with Crippen LogP contribution in [0, 0.1) is 6.92 Å². The van der Waals surface area contributed by atoms with E-state index in [-0.39, 0.29) is 11.9 Å². The molecule has 1 aliphatic rings. The summed E-state index contributed by atoms with van der Waals surface area (Å²) in [6, 6.07) is 1.98. The minimum Gasteiger partial charge on any atom is -0.348 e. The molecule has 0 unspecified atom stereocenters. The second-order valence-electron chi connectivity index (χ2n) is 5.35. The van der Waals surface area contributed by atoms with E-state index in [1.807, 2.05) is 18.4 Å². The Morgan fingerprint density at radius 3 is 2.64 bits per heavy atom. The van der Waals surface area contributed by atoms with Gasteiger partial charge in [0.2, 0.25) is 5.95 Å². The number of halogens is 1. The molecule has 0 radical (unpaired) electrons. The molecule has 0 spiro atoms. The molecular formula is C15H17ClN4OS. The van der Waals surface area contributed by atoms with Gasteiger partial charge in [-0.15, -0.1) is 11.3 Å². The number of carbonyl (C=O) groups is 1. The van der Waals surface area contributed by atoms with Crippen LogP contribution in [0.3, 0.4) is 0 Å². The van der Waals surface area contributed by atoms with Gasteiger partial charge in [-0.25, -0.2) is 9.97 Å². The van der Waals surface area contributed by atoms with Crippen molar-refractivity contribution < 1.29 is 4.79 Å². The minimum atomic E-state index is -0.0717. The Morgan fingerprint density at radius 2 is 2.05 bits per heavy atom. The highest BCUT2D eigenvalue weighted by Gasteiger charge is 2.24. The van der Waals surface area contributed by atoms with Crippen molar-refractivity contribution in [1.82, 2.24) is 15.3 Å². The molecular weight excluding hydrogens is 320 g/mol. The maximum Gasteiger partial charge on any atom is 0.263 e. The van der Waals surface area contributed by atoms with Gasteiger partial charge in [-0.2, -0.15) is 0 Å². The number of nitrogens with one attached hydrogen (secondary N) is 1. The van der Waals surface area contributed by atoms with Crippen LogP contribution in [0.25, 0.3) is 0 Å². The molecule has 22 heavy (non-hydrogen) atoms. The van der Waals surface area contributed by atoms with E-state index in [2.05, 4.69) is 20.2 Å². The lowest BCUT2D eigenvalue weighted by Crippen LogP contribution is -2.45. The topological polar surface area (TPSA) is 58.1 Å². The van der Waals surface area contributed by atoms with Crippen molar-refractivity contribution in [2.45, 2.75) is 25.8 Å². The third-order valence-electron chi connectivity index (χ3n) is 3.77. The van der Waals surface area contributed by atoms with Crippen LogP contribution in [-0.4, -0.2) is 35.0 Å². The lowest BCUT2D eigenvalue weighted by atomic mass is 10.1. The minimum absolute atomic E-state index is 0.0717. The summed E-state index contributed by atoms with van der Waals surface area (Å²) in [6.45, 7) is 3.59. The SMILES string of the molecule is Cc1csc(C(=O)NC2CCN(c3ncccn3)CC2)c1Cl. The molecule has 7 heteroatoms. The van der Waals surface area contributed by atoms with Crippen LogP contribution in [0.4, 0.5) is 5.95 Å². The molecule has 1 N–H and O–H groups in total. The maximum absolute atomic E-state index is 12.3. The fraction of sp³-hybridized carbons (Fsp3) is 0.400. The lowest BCUT2D eigenvalue weighted by Gasteiger charge is -2.32. The predicted octanol–water partition coefficient (Wildman–Crippen LogP) is 2.90. The highest BCUT2D eigenvalue weighted by atomic mass is 35.5. The zero-order valence-corrected chi connectivity index (χ0v) is 13.8. The van der Waals surface area contributed by atoms with Gasteiger partial charge in [0.15, 0.2) is 0 Å². The van der Waals surface area contributed by atoms with E-state index in [1.54, 1.807) is 12.4 Å². The molecule has 0 atom stereocenters. The summed E-state index contributed by atoms with van der Waals surface area (Å²) < 4.78 is 0. The van der Waals surface area contributed by atoms with Crippen LogP contribution >= 0.6 is 22.9 Å². The summed E-state index contributed by atoms with van der Waals surface area (Å²) in [5, 5.41) is 5.56. The number of aromatic nitrogens is 2. The lowest BCUT2D eigenvalue weighted by molar-refractivity contribution is 0.0935. The third kappa shape index (κ3) is 3.23. The van der Waals surface area contributed by atoms with Crippen LogP contribution in [0.15, 0.2) is 23.8 Å². The number of hydrogen-bond acceptors (Lipinski definition) is 5. The van der Waals surface area contributed by atoms with Crippen LogP contribution in [0.1, 0.15) is 28.1 Å². The maximum atomic E-state index is 12.3. The molecule has 2 aromatic rings. The predicted molar refractivity (Wildman–Crippen MR) is 88.8 cm³/mol. The molecule has 0 saturated carbocycles. The van der Waals surface area contributed by atoms with E-state index in [4.69, 9.17) is 11.6 Å². The Kier molecular flexibility index (Phi) is 4.59. The molecule has 5 nitrogen and oxygen atoms in total. The highest BCUT2D eigenvalue weighted by Crippen LogP contribution is 2.27. The van der Waals surface area contributed by atoms with Gasteiger partial charge in [0, 0.05) is 31.5 Å². The zero-order valence-electron chi connectivity index (χ0n) is 12.3. The van der Waals surface area contributed by atoms with Crippen molar-refractivity contribution in [3.05, 3.63) is 39.3 Å². The first-order valence-corrected chi connectivity index (χ1v) is 8.47. The van der Waals surface area contributed by atoms with Crippen molar-refractivity contribution in [2.75, 3.05) is 18.0 Å². The molecule has 3 heterocycles. The van der Waals surface area contributed by atoms with Crippen LogP contribution in [-0.2, 0) is 0 Å². The Hall–Kier alpha value is -1.66. The second-order valence-corrected chi connectivity index (χ2v) is 6.60. The number of thiophene rings is 1. The summed E-state index contributed by atoms with van der Waals surface area (Å²) >= 11 is 7.55. The molecule has 0 aliphatic carbocycles. The fourth-order valence-corrected chi connectivity index (χ4v) is 3.69. The number of carbonyl (C=O) groups excluding carboxylic acids is 1. The van der Waals surface area contributed by atoms with Crippen molar-refractivity contribution in [2.24, 2.45) is 0 Å². The third-order valence-corrected chi connectivity index (χ3v) is 5.47. The zero-order chi connectivity index (χ0) is 15.5. The smallest absolute Gasteiger partial charge is 0.263 e. The Morgan fingerprint density at radius 1 is 1.36 bits per heavy atom. The summed E-state index contributed by atoms with van der Waals surface area (Å²) in [7, 11) is 0. The average Bonchev–Trinajstić information content (AvgIpc) is 2.88. The standard InChI is InChI=1S/C15H17ClN4OS/c1-10-9-22-13(12(10)16)14(21)19-11-3-7-20(8-4-11)15-17-5-2-6-18-15/h2,5-6,9,11H,3-4,7-8H2,1H3,(H,19,21). The first-order chi connectivity index (χ1) is 10.6. The van der Waals surface area contributed by atoms with Crippen LogP contribution in [0.5, 0.6) is 0 Å². The van der Waals surface area contributed by atoms with Gasteiger partial charge < -0.3 is 10.2 Å². The highest BCUT2D eigenvalue weighted by molar-refractivity contribution is 7.13. The first-order valence-electron chi connectivity index (χ1n) is 7.21. The fourth-order valence-electron chi connectivity index (χ4n) is 2.51. The van der Waals surface area contributed by atoms with Crippen LogP contribution in [0.2, 0.25) is 5.02 Å². The molecule has 3 rings (SSSR count). The average molecular weight is 337 g/mol. The largest absolute Gasteiger partial charge is 0.348 e. The van der Waals surface area contributed by atoms with Gasteiger partial charge >= 0.3 is 0 Å². The Bertz CT molecular complexity index is 653. The van der Waals surface area contributed by atoms with E-state index in [0.29, 0.717) is 9.90 Å². The van der Waals surface area contributed by atoms with Gasteiger partial charge in [-0.1, -0.05) is 11.6 Å². The number of nitrogens with zero attached hydrogens (tertiary/aromatic N) is 3. The van der Waals surface area contributed by atoms with Crippen molar-refractivity contribution in [3.8, 4) is 0 Å². The molecule has 1 saturated heterocycles. The molecule has 2 aromatic heterocycles. The summed E-state index contributed by atoms with van der Waals surface area (Å²) in [4.78, 5) is 23.5. The molecule has 1 fully saturated rings. The van der Waals surface area contributed by atoms with Gasteiger partial charge in [-0.05, 0) is 36.8 Å². The number of aryl methyl sites for hydroxylation is 1. The summed E-state index contributed by atoms with van der Waals surface area (Å²) in [5.41, 5.74) is 0.952. The van der Waals surface area contributed by atoms with E-state index >= 15 is 0 Å². The van der Waals surface area contributed by atoms with Gasteiger partial charge in [0.05, 0.1) is 5.02 Å². The number of amides is 1. The molecule has 1 amide bonds. The number of anilines is 1. The van der Waals surface area contributed by atoms with E-state index in [0.717, 1.165) is 37.4 Å². The monoisotopic (exact) mass is 336 g/mol. The normalized spacial score (nSPS) is 15.8. The Balaban J connectivity index is 1.56. The number of rotatable bonds is 3. The summed E-state index contributed by atoms with van der Waals surface area (Å²) in [5.74, 6) is 0.682. The van der Waals surface area contributed by atoms with Crippen LogP contribution < -0.4 is 10.2 Å². The van der Waals surface area contributed by atoms with Gasteiger partial charge in [-0.3, -0.25) is 4.79 Å². The van der Waals surface area contributed by atoms with Gasteiger partial charge in [0.25, 0.3) is 5.91 Å². The Labute approximate surface area is 138 Å². The summed E-state index contributed by atoms with van der Waals surface area (Å²) in [6.07, 6.45) is 5.26. The van der Waals surface area contributed by atoms with E-state index in [1.165, 1.54) is 11.3 Å². The van der Waals surface area contributed by atoms with Crippen molar-refractivity contribution >= 4 is 34.8 Å². The quantitative estimate of drug-likeness (QED) is 0.936. The van der Waals surface area contributed by atoms with E-state index in [9.17, 15) is 4.79 Å². The van der Waals surface area contributed by atoms with Gasteiger partial charge in [0.1, 0.15) is 4.88 Å². The van der Waals surface area contributed by atoms with E-state index < -0.39 is 0 Å². The van der Waals surface area contributed by atoms with Crippen molar-refractivity contribution in [3.63, 3.8) is 0 Å². The molecule has 116 valence electrons. The van der Waals surface area contributed by atoms with Crippen molar-refractivity contribution in [1.29, 1.82) is 0 Å². The molecule has 0 bridgehead atoms. The second kappa shape index (κ2) is 6.62. The molecule has 0 aromatic carbocycles. The molecule has 1 aliphatic heterocycles.